The predicted octanol–water partition coefficient (Wildman–Crippen LogP) is 5.25. The highest BCUT2D eigenvalue weighted by atomic mass is 79.9. The highest BCUT2D eigenvalue weighted by Crippen LogP contribution is 2.29. The van der Waals surface area contributed by atoms with Gasteiger partial charge in [-0.25, -0.2) is 4.79 Å². The smallest absolute Gasteiger partial charge is 0.339 e. The molecule has 0 N–H and O–H groups in total. The Bertz CT molecular complexity index is 652. The minimum Gasteiger partial charge on any atom is -0.456 e. The fourth-order valence-electron chi connectivity index (χ4n) is 2.04. The molecule has 0 aliphatic carbocycles. The molecule has 0 heterocycles. The lowest BCUT2D eigenvalue weighted by atomic mass is 9.96. The van der Waals surface area contributed by atoms with Gasteiger partial charge in [0.05, 0.1) is 5.56 Å². The van der Waals surface area contributed by atoms with E-state index < -0.39 is 5.60 Å². The molecule has 3 heteroatoms. The van der Waals surface area contributed by atoms with Crippen LogP contribution in [0.25, 0.3) is 11.1 Å². The summed E-state index contributed by atoms with van der Waals surface area (Å²) in [6, 6.07) is 13.5. The van der Waals surface area contributed by atoms with E-state index in [1.807, 2.05) is 63.2 Å². The first-order chi connectivity index (χ1) is 9.78. The summed E-state index contributed by atoms with van der Waals surface area (Å²) in [5, 5.41) is 0. The number of benzene rings is 2. The van der Waals surface area contributed by atoms with Crippen molar-refractivity contribution in [2.45, 2.75) is 26.4 Å². The van der Waals surface area contributed by atoms with Gasteiger partial charge < -0.3 is 4.74 Å². The van der Waals surface area contributed by atoms with E-state index in [0.717, 1.165) is 15.6 Å². The van der Waals surface area contributed by atoms with Crippen LogP contribution in [-0.4, -0.2) is 11.6 Å². The standard InChI is InChI=1S/C18H18BrO2/c1-12-6-5-7-15(13-8-10-14(19)11-9-13)16(12)17(20)21-18(2,3)4/h5-11H,1H2,2-4H3. The second kappa shape index (κ2) is 6.02. The number of halogens is 1. The molecule has 0 aliphatic heterocycles. The molecule has 2 aromatic carbocycles. The first kappa shape index (κ1) is 15.8. The molecule has 109 valence electrons. The summed E-state index contributed by atoms with van der Waals surface area (Å²) < 4.78 is 6.50. The molecule has 0 saturated heterocycles. The Kier molecular flexibility index (Phi) is 4.52. The zero-order valence-electron chi connectivity index (χ0n) is 12.4. The molecule has 0 unspecified atom stereocenters. The van der Waals surface area contributed by atoms with Gasteiger partial charge in [-0.15, -0.1) is 0 Å². The predicted molar refractivity (Wildman–Crippen MR) is 89.2 cm³/mol. The number of ether oxygens (including phenoxy) is 1. The third kappa shape index (κ3) is 3.94. The normalized spacial score (nSPS) is 11.3. The molecular formula is C18H18BrO2. The molecule has 21 heavy (non-hydrogen) atoms. The molecule has 0 aromatic heterocycles. The zero-order valence-corrected chi connectivity index (χ0v) is 14.0. The van der Waals surface area contributed by atoms with E-state index in [1.165, 1.54) is 0 Å². The molecule has 0 amide bonds. The number of carbonyl (C=O) groups excluding carboxylic acids is 1. The molecule has 0 spiro atoms. The maximum absolute atomic E-state index is 12.5. The van der Waals surface area contributed by atoms with E-state index in [0.29, 0.717) is 11.1 Å². The van der Waals surface area contributed by atoms with Gasteiger partial charge >= 0.3 is 5.97 Å². The summed E-state index contributed by atoms with van der Waals surface area (Å²) in [5.74, 6) is -0.342. The van der Waals surface area contributed by atoms with Crippen molar-refractivity contribution < 1.29 is 9.53 Å². The Morgan fingerprint density at radius 2 is 1.71 bits per heavy atom. The third-order valence-corrected chi connectivity index (χ3v) is 3.44. The minimum absolute atomic E-state index is 0.342. The molecule has 2 rings (SSSR count). The molecule has 0 bridgehead atoms. The Morgan fingerprint density at radius 1 is 1.10 bits per heavy atom. The molecule has 2 aromatic rings. The first-order valence-electron chi connectivity index (χ1n) is 6.72. The lowest BCUT2D eigenvalue weighted by Gasteiger charge is -2.21. The summed E-state index contributed by atoms with van der Waals surface area (Å²) in [7, 11) is 0. The fraction of sp³-hybridized carbons (Fsp3) is 0.222. The van der Waals surface area contributed by atoms with Gasteiger partial charge in [0.1, 0.15) is 5.60 Å². The van der Waals surface area contributed by atoms with E-state index >= 15 is 0 Å². The highest BCUT2D eigenvalue weighted by molar-refractivity contribution is 9.10. The summed E-state index contributed by atoms with van der Waals surface area (Å²) in [6.07, 6.45) is 0. The molecule has 1 radical (unpaired) electrons. The summed E-state index contributed by atoms with van der Waals surface area (Å²) in [4.78, 5) is 12.5. The maximum atomic E-state index is 12.5. The minimum atomic E-state index is -0.531. The molecule has 0 atom stereocenters. The van der Waals surface area contributed by atoms with Gasteiger partial charge in [-0.05, 0) is 56.5 Å². The monoisotopic (exact) mass is 345 g/mol. The average molecular weight is 346 g/mol. The Morgan fingerprint density at radius 3 is 2.29 bits per heavy atom. The fourth-order valence-corrected chi connectivity index (χ4v) is 2.30. The lowest BCUT2D eigenvalue weighted by molar-refractivity contribution is 0.00701. The Labute approximate surface area is 134 Å². The summed E-state index contributed by atoms with van der Waals surface area (Å²) in [6.45, 7) is 9.54. The topological polar surface area (TPSA) is 26.3 Å². The second-order valence-electron chi connectivity index (χ2n) is 5.85. The van der Waals surface area contributed by atoms with Gasteiger partial charge in [-0.1, -0.05) is 46.3 Å². The van der Waals surface area contributed by atoms with Crippen LogP contribution in [0, 0.1) is 6.92 Å². The van der Waals surface area contributed by atoms with E-state index in [-0.39, 0.29) is 5.97 Å². The second-order valence-corrected chi connectivity index (χ2v) is 6.76. The van der Waals surface area contributed by atoms with Gasteiger partial charge in [-0.3, -0.25) is 0 Å². The molecular weight excluding hydrogens is 328 g/mol. The van der Waals surface area contributed by atoms with E-state index in [4.69, 9.17) is 4.74 Å². The molecule has 2 nitrogen and oxygen atoms in total. The van der Waals surface area contributed by atoms with Crippen molar-refractivity contribution in [2.24, 2.45) is 0 Å². The van der Waals surface area contributed by atoms with E-state index in [2.05, 4.69) is 22.9 Å². The number of hydrogen-bond donors (Lipinski definition) is 0. The van der Waals surface area contributed by atoms with Crippen LogP contribution in [0.3, 0.4) is 0 Å². The van der Waals surface area contributed by atoms with Crippen molar-refractivity contribution in [1.82, 2.24) is 0 Å². The average Bonchev–Trinajstić information content (AvgIpc) is 2.37. The molecule has 0 saturated carbocycles. The first-order valence-corrected chi connectivity index (χ1v) is 7.51. The molecule has 0 fully saturated rings. The zero-order chi connectivity index (χ0) is 15.6. The largest absolute Gasteiger partial charge is 0.456 e. The highest BCUT2D eigenvalue weighted by Gasteiger charge is 2.22. The lowest BCUT2D eigenvalue weighted by Crippen LogP contribution is -2.24. The van der Waals surface area contributed by atoms with Crippen LogP contribution in [0.2, 0.25) is 0 Å². The van der Waals surface area contributed by atoms with Crippen LogP contribution in [-0.2, 0) is 4.74 Å². The van der Waals surface area contributed by atoms with Gasteiger partial charge in [0.15, 0.2) is 0 Å². The number of rotatable bonds is 2. The quantitative estimate of drug-likeness (QED) is 0.694. The van der Waals surface area contributed by atoms with Crippen molar-refractivity contribution in [1.29, 1.82) is 0 Å². The van der Waals surface area contributed by atoms with E-state index in [9.17, 15) is 4.79 Å². The van der Waals surface area contributed by atoms with Crippen LogP contribution in [0.4, 0.5) is 0 Å². The van der Waals surface area contributed by atoms with Crippen molar-refractivity contribution in [3.05, 3.63) is 65.0 Å². The van der Waals surface area contributed by atoms with Gasteiger partial charge in [0, 0.05) is 4.47 Å². The van der Waals surface area contributed by atoms with Gasteiger partial charge in [0.25, 0.3) is 0 Å². The van der Waals surface area contributed by atoms with Crippen molar-refractivity contribution in [3.8, 4) is 11.1 Å². The van der Waals surface area contributed by atoms with Crippen LogP contribution in [0.5, 0.6) is 0 Å². The van der Waals surface area contributed by atoms with Crippen molar-refractivity contribution >= 4 is 21.9 Å². The maximum Gasteiger partial charge on any atom is 0.339 e. The summed E-state index contributed by atoms with van der Waals surface area (Å²) in [5.41, 5.74) is 2.46. The van der Waals surface area contributed by atoms with Crippen LogP contribution in [0.15, 0.2) is 46.9 Å². The van der Waals surface area contributed by atoms with Gasteiger partial charge in [0.2, 0.25) is 0 Å². The SMILES string of the molecule is [CH2]c1cccc(-c2ccc(Br)cc2)c1C(=O)OC(C)(C)C. The van der Waals surface area contributed by atoms with Crippen LogP contribution >= 0.6 is 15.9 Å². The van der Waals surface area contributed by atoms with Crippen molar-refractivity contribution in [3.63, 3.8) is 0 Å². The van der Waals surface area contributed by atoms with Crippen molar-refractivity contribution in [2.75, 3.05) is 0 Å². The van der Waals surface area contributed by atoms with Gasteiger partial charge in [-0.2, -0.15) is 0 Å². The number of esters is 1. The van der Waals surface area contributed by atoms with E-state index in [1.54, 1.807) is 0 Å². The Hall–Kier alpha value is -1.61. The number of hydrogen-bond acceptors (Lipinski definition) is 2. The Balaban J connectivity index is 2.50. The third-order valence-electron chi connectivity index (χ3n) is 2.91. The van der Waals surface area contributed by atoms with Crippen LogP contribution in [0.1, 0.15) is 36.7 Å². The van der Waals surface area contributed by atoms with Crippen LogP contribution < -0.4 is 0 Å². The summed E-state index contributed by atoms with van der Waals surface area (Å²) >= 11 is 3.42. The molecule has 0 aliphatic rings. The number of carbonyl (C=O) groups is 1.